The van der Waals surface area contributed by atoms with Crippen molar-refractivity contribution in [3.05, 3.63) is 17.0 Å². The van der Waals surface area contributed by atoms with Gasteiger partial charge in [-0.25, -0.2) is 9.97 Å². The SMILES string of the molecule is Cc1c(Cl)ncnc1NC1CCOC(C)(C)C1. The Morgan fingerprint density at radius 1 is 1.47 bits per heavy atom. The highest BCUT2D eigenvalue weighted by atomic mass is 35.5. The van der Waals surface area contributed by atoms with E-state index in [0.717, 1.165) is 30.8 Å². The second-order valence-corrected chi connectivity index (χ2v) is 5.44. The summed E-state index contributed by atoms with van der Waals surface area (Å²) in [4.78, 5) is 8.18. The Morgan fingerprint density at radius 3 is 2.94 bits per heavy atom. The average molecular weight is 256 g/mol. The Labute approximate surface area is 107 Å². The van der Waals surface area contributed by atoms with E-state index in [1.807, 2.05) is 6.92 Å². The van der Waals surface area contributed by atoms with E-state index >= 15 is 0 Å². The average Bonchev–Trinajstić information content (AvgIpc) is 2.23. The summed E-state index contributed by atoms with van der Waals surface area (Å²) < 4.78 is 5.69. The molecule has 0 amide bonds. The summed E-state index contributed by atoms with van der Waals surface area (Å²) in [5, 5.41) is 3.94. The zero-order chi connectivity index (χ0) is 12.5. The summed E-state index contributed by atoms with van der Waals surface area (Å²) in [5.41, 5.74) is 0.833. The van der Waals surface area contributed by atoms with Crippen molar-refractivity contribution in [3.63, 3.8) is 0 Å². The molecular weight excluding hydrogens is 238 g/mol. The van der Waals surface area contributed by atoms with Gasteiger partial charge >= 0.3 is 0 Å². The zero-order valence-corrected chi connectivity index (χ0v) is 11.2. The van der Waals surface area contributed by atoms with Gasteiger partial charge in [0.15, 0.2) is 0 Å². The summed E-state index contributed by atoms with van der Waals surface area (Å²) >= 11 is 5.97. The van der Waals surface area contributed by atoms with Crippen molar-refractivity contribution in [2.75, 3.05) is 11.9 Å². The Kier molecular flexibility index (Phi) is 3.54. The van der Waals surface area contributed by atoms with Crippen molar-refractivity contribution in [2.24, 2.45) is 0 Å². The maximum atomic E-state index is 5.97. The van der Waals surface area contributed by atoms with Gasteiger partial charge in [0, 0.05) is 18.2 Å². The Hall–Kier alpha value is -0.870. The van der Waals surface area contributed by atoms with Gasteiger partial charge < -0.3 is 10.1 Å². The van der Waals surface area contributed by atoms with Crippen LogP contribution in [-0.2, 0) is 4.74 Å². The lowest BCUT2D eigenvalue weighted by Gasteiger charge is -2.36. The molecule has 5 heteroatoms. The van der Waals surface area contributed by atoms with Crippen LogP contribution in [0.15, 0.2) is 6.33 Å². The Morgan fingerprint density at radius 2 is 2.24 bits per heavy atom. The van der Waals surface area contributed by atoms with Gasteiger partial charge in [0.1, 0.15) is 17.3 Å². The summed E-state index contributed by atoms with van der Waals surface area (Å²) in [6.45, 7) is 6.93. The first-order valence-corrected chi connectivity index (χ1v) is 6.23. The molecule has 0 spiro atoms. The largest absolute Gasteiger partial charge is 0.375 e. The number of anilines is 1. The van der Waals surface area contributed by atoms with E-state index in [0.29, 0.717) is 11.2 Å². The molecule has 1 atom stereocenters. The van der Waals surface area contributed by atoms with Gasteiger partial charge in [-0.3, -0.25) is 0 Å². The van der Waals surface area contributed by atoms with Crippen LogP contribution in [0.25, 0.3) is 0 Å². The van der Waals surface area contributed by atoms with E-state index < -0.39 is 0 Å². The predicted molar refractivity (Wildman–Crippen MR) is 68.5 cm³/mol. The predicted octanol–water partition coefficient (Wildman–Crippen LogP) is 2.81. The van der Waals surface area contributed by atoms with Crippen LogP contribution in [0.2, 0.25) is 5.15 Å². The first-order chi connectivity index (χ1) is 7.98. The van der Waals surface area contributed by atoms with Crippen molar-refractivity contribution >= 4 is 17.4 Å². The molecule has 0 radical (unpaired) electrons. The van der Waals surface area contributed by atoms with E-state index in [4.69, 9.17) is 16.3 Å². The minimum Gasteiger partial charge on any atom is -0.375 e. The van der Waals surface area contributed by atoms with Crippen LogP contribution in [0.1, 0.15) is 32.3 Å². The molecule has 0 aromatic carbocycles. The third-order valence-corrected chi connectivity index (χ3v) is 3.44. The summed E-state index contributed by atoms with van der Waals surface area (Å²) in [6.07, 6.45) is 3.45. The third-order valence-electron chi connectivity index (χ3n) is 3.06. The van der Waals surface area contributed by atoms with E-state index in [2.05, 4.69) is 29.1 Å². The number of aromatic nitrogens is 2. The fourth-order valence-corrected chi connectivity index (χ4v) is 2.26. The normalized spacial score (nSPS) is 23.4. The summed E-state index contributed by atoms with van der Waals surface area (Å²) in [5.74, 6) is 0.827. The van der Waals surface area contributed by atoms with E-state index in [-0.39, 0.29) is 5.60 Å². The topological polar surface area (TPSA) is 47.0 Å². The van der Waals surface area contributed by atoms with Gasteiger partial charge in [-0.1, -0.05) is 11.6 Å². The highest BCUT2D eigenvalue weighted by Crippen LogP contribution is 2.27. The molecule has 1 saturated heterocycles. The van der Waals surface area contributed by atoms with Crippen LogP contribution in [-0.4, -0.2) is 28.2 Å². The first kappa shape index (κ1) is 12.6. The smallest absolute Gasteiger partial charge is 0.137 e. The van der Waals surface area contributed by atoms with Crippen molar-refractivity contribution in [1.82, 2.24) is 9.97 Å². The first-order valence-electron chi connectivity index (χ1n) is 5.85. The number of ether oxygens (including phenoxy) is 1. The van der Waals surface area contributed by atoms with E-state index in [9.17, 15) is 0 Å². The maximum absolute atomic E-state index is 5.97. The molecule has 1 aromatic heterocycles. The minimum atomic E-state index is -0.0688. The standard InChI is InChI=1S/C12H18ClN3O/c1-8-10(13)14-7-15-11(8)16-9-4-5-17-12(2,3)6-9/h7,9H,4-6H2,1-3H3,(H,14,15,16). The monoisotopic (exact) mass is 255 g/mol. The van der Waals surface area contributed by atoms with Crippen LogP contribution >= 0.6 is 11.6 Å². The molecule has 0 saturated carbocycles. The fraction of sp³-hybridized carbons (Fsp3) is 0.667. The Bertz CT molecular complexity index is 409. The molecule has 0 bridgehead atoms. The molecule has 1 unspecified atom stereocenters. The minimum absolute atomic E-state index is 0.0688. The van der Waals surface area contributed by atoms with Crippen LogP contribution in [0.5, 0.6) is 0 Å². The molecule has 1 N–H and O–H groups in total. The van der Waals surface area contributed by atoms with Crippen LogP contribution in [0.3, 0.4) is 0 Å². The molecule has 1 aliphatic rings. The van der Waals surface area contributed by atoms with Gasteiger partial charge in [0.25, 0.3) is 0 Å². The molecule has 2 heterocycles. The number of nitrogens with one attached hydrogen (secondary N) is 1. The van der Waals surface area contributed by atoms with E-state index in [1.54, 1.807) is 0 Å². The van der Waals surface area contributed by atoms with Gasteiger partial charge in [-0.05, 0) is 33.6 Å². The molecule has 1 aliphatic heterocycles. The fourth-order valence-electron chi connectivity index (χ4n) is 2.12. The van der Waals surface area contributed by atoms with Crippen LogP contribution < -0.4 is 5.32 Å². The molecule has 94 valence electrons. The number of nitrogens with zero attached hydrogens (tertiary/aromatic N) is 2. The molecule has 1 aromatic rings. The third kappa shape index (κ3) is 3.07. The lowest BCUT2D eigenvalue weighted by atomic mass is 9.94. The zero-order valence-electron chi connectivity index (χ0n) is 10.5. The number of halogens is 1. The van der Waals surface area contributed by atoms with Crippen LogP contribution in [0, 0.1) is 6.92 Å². The lowest BCUT2D eigenvalue weighted by molar-refractivity contribution is -0.0553. The van der Waals surface area contributed by atoms with Gasteiger partial charge in [-0.2, -0.15) is 0 Å². The molecule has 17 heavy (non-hydrogen) atoms. The van der Waals surface area contributed by atoms with Gasteiger partial charge in [-0.15, -0.1) is 0 Å². The quantitative estimate of drug-likeness (QED) is 0.826. The van der Waals surface area contributed by atoms with Gasteiger partial charge in [0.2, 0.25) is 0 Å². The van der Waals surface area contributed by atoms with Crippen LogP contribution in [0.4, 0.5) is 5.82 Å². The van der Waals surface area contributed by atoms with Crippen molar-refractivity contribution < 1.29 is 4.74 Å². The number of rotatable bonds is 2. The lowest BCUT2D eigenvalue weighted by Crippen LogP contribution is -2.40. The van der Waals surface area contributed by atoms with Crippen molar-refractivity contribution in [3.8, 4) is 0 Å². The van der Waals surface area contributed by atoms with Crippen molar-refractivity contribution in [2.45, 2.75) is 45.3 Å². The second kappa shape index (κ2) is 4.78. The van der Waals surface area contributed by atoms with E-state index in [1.165, 1.54) is 6.33 Å². The molecule has 2 rings (SSSR count). The maximum Gasteiger partial charge on any atom is 0.137 e. The molecule has 4 nitrogen and oxygen atoms in total. The second-order valence-electron chi connectivity index (χ2n) is 5.08. The number of hydrogen-bond donors (Lipinski definition) is 1. The summed E-state index contributed by atoms with van der Waals surface area (Å²) in [6, 6.07) is 0.378. The highest BCUT2D eigenvalue weighted by Gasteiger charge is 2.29. The Balaban J connectivity index is 2.08. The summed E-state index contributed by atoms with van der Waals surface area (Å²) in [7, 11) is 0. The molecule has 0 aliphatic carbocycles. The highest BCUT2D eigenvalue weighted by molar-refractivity contribution is 6.30. The number of hydrogen-bond acceptors (Lipinski definition) is 4. The van der Waals surface area contributed by atoms with Gasteiger partial charge in [0.05, 0.1) is 5.60 Å². The molecule has 1 fully saturated rings. The van der Waals surface area contributed by atoms with Crippen molar-refractivity contribution in [1.29, 1.82) is 0 Å². The molecular formula is C12H18ClN3O.